The summed E-state index contributed by atoms with van der Waals surface area (Å²) < 4.78 is 35.3. The highest BCUT2D eigenvalue weighted by Crippen LogP contribution is 2.29. The van der Waals surface area contributed by atoms with Crippen molar-refractivity contribution >= 4 is 0 Å². The van der Waals surface area contributed by atoms with Crippen molar-refractivity contribution in [2.24, 2.45) is 5.92 Å². The number of unbranched alkanes of at least 4 members (excludes halogenated alkanes) is 1. The molecule has 0 saturated carbocycles. The molecule has 0 saturated heterocycles. The van der Waals surface area contributed by atoms with Crippen LogP contribution in [0.2, 0.25) is 0 Å². The fourth-order valence-corrected chi connectivity index (χ4v) is 0.674. The van der Waals surface area contributed by atoms with Crippen LogP contribution in [0.25, 0.3) is 0 Å². The number of hydrogen-bond donors (Lipinski definition) is 0. The Balaban J connectivity index is 3.52. The van der Waals surface area contributed by atoms with E-state index in [9.17, 15) is 13.2 Å². The lowest BCUT2D eigenvalue weighted by Gasteiger charge is -2.14. The van der Waals surface area contributed by atoms with Gasteiger partial charge in [0.1, 0.15) is 0 Å². The van der Waals surface area contributed by atoms with E-state index in [-0.39, 0.29) is 6.42 Å². The summed E-state index contributed by atoms with van der Waals surface area (Å²) in [6.45, 7) is 3.12. The van der Waals surface area contributed by atoms with Gasteiger partial charge in [0, 0.05) is 0 Å². The Labute approximate surface area is 59.4 Å². The summed E-state index contributed by atoms with van der Waals surface area (Å²) in [6.07, 6.45) is -2.23. The van der Waals surface area contributed by atoms with Crippen LogP contribution in [-0.4, -0.2) is 6.18 Å². The van der Waals surface area contributed by atoms with E-state index in [1.807, 2.05) is 6.92 Å². The summed E-state index contributed by atoms with van der Waals surface area (Å²) >= 11 is 0. The summed E-state index contributed by atoms with van der Waals surface area (Å²) in [6, 6.07) is 0. The van der Waals surface area contributed by atoms with Crippen LogP contribution in [0.5, 0.6) is 0 Å². The van der Waals surface area contributed by atoms with Crippen molar-refractivity contribution in [3.05, 3.63) is 0 Å². The molecule has 0 rings (SSSR count). The predicted molar refractivity (Wildman–Crippen MR) is 34.7 cm³/mol. The van der Waals surface area contributed by atoms with Gasteiger partial charge >= 0.3 is 6.18 Å². The number of rotatable bonds is 3. The van der Waals surface area contributed by atoms with Gasteiger partial charge in [-0.1, -0.05) is 26.7 Å². The molecule has 0 aliphatic rings. The Morgan fingerprint density at radius 3 is 2.10 bits per heavy atom. The lowest BCUT2D eigenvalue weighted by atomic mass is 10.0. The van der Waals surface area contributed by atoms with E-state index in [4.69, 9.17) is 0 Å². The highest BCUT2D eigenvalue weighted by atomic mass is 19.4. The van der Waals surface area contributed by atoms with E-state index >= 15 is 0 Å². The zero-order chi connectivity index (χ0) is 8.20. The normalized spacial score (nSPS) is 15.3. The SMILES string of the molecule is CCCCC(C)C(F)(F)F. The average molecular weight is 154 g/mol. The van der Waals surface area contributed by atoms with Gasteiger partial charge < -0.3 is 0 Å². The smallest absolute Gasteiger partial charge is 0.171 e. The molecule has 0 aromatic rings. The second-order valence-electron chi connectivity index (χ2n) is 2.58. The molecule has 3 heteroatoms. The summed E-state index contributed by atoms with van der Waals surface area (Å²) in [5.41, 5.74) is 0. The summed E-state index contributed by atoms with van der Waals surface area (Å²) in [4.78, 5) is 0. The standard InChI is InChI=1S/C7H13F3/c1-3-4-5-6(2)7(8,9)10/h6H,3-5H2,1-2H3. The van der Waals surface area contributed by atoms with Crippen LogP contribution < -0.4 is 0 Å². The minimum Gasteiger partial charge on any atom is -0.171 e. The van der Waals surface area contributed by atoms with E-state index in [0.29, 0.717) is 6.42 Å². The Bertz CT molecular complexity index is 85.3. The Hall–Kier alpha value is -0.210. The number of alkyl halides is 3. The summed E-state index contributed by atoms with van der Waals surface area (Å²) in [5.74, 6) is -1.13. The first-order valence-electron chi connectivity index (χ1n) is 3.55. The minimum absolute atomic E-state index is 0.264. The van der Waals surface area contributed by atoms with Crippen LogP contribution >= 0.6 is 0 Å². The lowest BCUT2D eigenvalue weighted by Crippen LogP contribution is -2.19. The largest absolute Gasteiger partial charge is 0.391 e. The molecule has 0 bridgehead atoms. The molecule has 0 N–H and O–H groups in total. The topological polar surface area (TPSA) is 0 Å². The molecule has 1 atom stereocenters. The lowest BCUT2D eigenvalue weighted by molar-refractivity contribution is -0.171. The van der Waals surface area contributed by atoms with Crippen molar-refractivity contribution in [1.82, 2.24) is 0 Å². The monoisotopic (exact) mass is 154 g/mol. The minimum atomic E-state index is -3.99. The van der Waals surface area contributed by atoms with Crippen LogP contribution in [0.15, 0.2) is 0 Å². The van der Waals surface area contributed by atoms with Crippen LogP contribution in [0.4, 0.5) is 13.2 Å². The van der Waals surface area contributed by atoms with E-state index in [0.717, 1.165) is 6.42 Å². The molecule has 0 spiro atoms. The van der Waals surface area contributed by atoms with Gasteiger partial charge in [-0.2, -0.15) is 13.2 Å². The number of hydrogen-bond acceptors (Lipinski definition) is 0. The second-order valence-corrected chi connectivity index (χ2v) is 2.58. The molecule has 62 valence electrons. The number of halogens is 3. The van der Waals surface area contributed by atoms with Gasteiger partial charge in [-0.25, -0.2) is 0 Å². The van der Waals surface area contributed by atoms with E-state index in [2.05, 4.69) is 0 Å². The molecule has 10 heavy (non-hydrogen) atoms. The molecule has 0 fully saturated rings. The van der Waals surface area contributed by atoms with E-state index < -0.39 is 12.1 Å². The first-order chi connectivity index (χ1) is 4.48. The fourth-order valence-electron chi connectivity index (χ4n) is 0.674. The molecule has 1 unspecified atom stereocenters. The average Bonchev–Trinajstić information content (AvgIpc) is 1.80. The second kappa shape index (κ2) is 3.84. The van der Waals surface area contributed by atoms with Crippen LogP contribution in [-0.2, 0) is 0 Å². The zero-order valence-corrected chi connectivity index (χ0v) is 6.33. The third-order valence-corrected chi connectivity index (χ3v) is 1.55. The highest BCUT2D eigenvalue weighted by Gasteiger charge is 2.34. The molecule has 0 heterocycles. The fraction of sp³-hybridized carbons (Fsp3) is 1.00. The third-order valence-electron chi connectivity index (χ3n) is 1.55. The quantitative estimate of drug-likeness (QED) is 0.584. The molecular formula is C7H13F3. The molecule has 0 aliphatic heterocycles. The van der Waals surface area contributed by atoms with Gasteiger partial charge in [0.25, 0.3) is 0 Å². The maximum absolute atomic E-state index is 11.8. The van der Waals surface area contributed by atoms with Gasteiger partial charge in [-0.15, -0.1) is 0 Å². The van der Waals surface area contributed by atoms with Crippen molar-refractivity contribution in [2.45, 2.75) is 39.3 Å². The van der Waals surface area contributed by atoms with Gasteiger partial charge in [0.15, 0.2) is 0 Å². The summed E-state index contributed by atoms with van der Waals surface area (Å²) in [7, 11) is 0. The van der Waals surface area contributed by atoms with Crippen molar-refractivity contribution in [3.63, 3.8) is 0 Å². The van der Waals surface area contributed by atoms with Crippen molar-refractivity contribution in [2.75, 3.05) is 0 Å². The van der Waals surface area contributed by atoms with Crippen molar-refractivity contribution < 1.29 is 13.2 Å². The van der Waals surface area contributed by atoms with Crippen molar-refractivity contribution in [1.29, 1.82) is 0 Å². The van der Waals surface area contributed by atoms with Crippen molar-refractivity contribution in [3.8, 4) is 0 Å². The van der Waals surface area contributed by atoms with Gasteiger partial charge in [0.2, 0.25) is 0 Å². The molecule has 0 aromatic carbocycles. The van der Waals surface area contributed by atoms with E-state index in [1.165, 1.54) is 6.92 Å². The predicted octanol–water partition coefficient (Wildman–Crippen LogP) is 3.38. The Kier molecular flexibility index (Phi) is 3.76. The summed E-state index contributed by atoms with van der Waals surface area (Å²) in [5, 5.41) is 0. The molecular weight excluding hydrogens is 141 g/mol. The molecule has 0 aliphatic carbocycles. The van der Waals surface area contributed by atoms with Crippen LogP contribution in [0, 0.1) is 5.92 Å². The Morgan fingerprint density at radius 2 is 1.80 bits per heavy atom. The van der Waals surface area contributed by atoms with Crippen LogP contribution in [0.1, 0.15) is 33.1 Å². The van der Waals surface area contributed by atoms with Gasteiger partial charge in [-0.3, -0.25) is 0 Å². The van der Waals surface area contributed by atoms with Crippen LogP contribution in [0.3, 0.4) is 0 Å². The third kappa shape index (κ3) is 3.75. The van der Waals surface area contributed by atoms with Gasteiger partial charge in [-0.05, 0) is 6.42 Å². The zero-order valence-electron chi connectivity index (χ0n) is 6.33. The maximum Gasteiger partial charge on any atom is 0.391 e. The molecule has 0 radical (unpaired) electrons. The first kappa shape index (κ1) is 9.79. The molecule has 0 nitrogen and oxygen atoms in total. The molecule has 0 aromatic heterocycles. The molecule has 0 amide bonds. The maximum atomic E-state index is 11.8. The Morgan fingerprint density at radius 1 is 1.30 bits per heavy atom. The first-order valence-corrected chi connectivity index (χ1v) is 3.55. The van der Waals surface area contributed by atoms with Gasteiger partial charge in [0.05, 0.1) is 5.92 Å². The highest BCUT2D eigenvalue weighted by molar-refractivity contribution is 4.61. The van der Waals surface area contributed by atoms with E-state index in [1.54, 1.807) is 0 Å².